The third kappa shape index (κ3) is 3.35. The van der Waals surface area contributed by atoms with Gasteiger partial charge < -0.3 is 4.74 Å². The molecule has 0 saturated heterocycles. The predicted molar refractivity (Wildman–Crippen MR) is 76.8 cm³/mol. The lowest BCUT2D eigenvalue weighted by molar-refractivity contribution is 0.0828. The van der Waals surface area contributed by atoms with E-state index in [-0.39, 0.29) is 11.8 Å². The Morgan fingerprint density at radius 2 is 2.00 bits per heavy atom. The van der Waals surface area contributed by atoms with Gasteiger partial charge in [0.1, 0.15) is 5.75 Å². The molecule has 2 rings (SSSR count). The van der Waals surface area contributed by atoms with Crippen molar-refractivity contribution in [2.75, 3.05) is 20.7 Å². The van der Waals surface area contributed by atoms with Gasteiger partial charge in [0.05, 0.1) is 13.2 Å². The Morgan fingerprint density at radius 1 is 1.37 bits per heavy atom. The van der Waals surface area contributed by atoms with Gasteiger partial charge in [0, 0.05) is 12.1 Å². The molecule has 1 saturated carbocycles. The van der Waals surface area contributed by atoms with E-state index in [4.69, 9.17) is 4.74 Å². The first-order chi connectivity index (χ1) is 9.11. The van der Waals surface area contributed by atoms with Gasteiger partial charge in [-0.1, -0.05) is 6.42 Å². The smallest absolute Gasteiger partial charge is 0.179 e. The average molecular weight is 261 g/mol. The number of ether oxygens (including phenoxy) is 1. The zero-order valence-corrected chi connectivity index (χ0v) is 12.1. The van der Waals surface area contributed by atoms with E-state index in [2.05, 4.69) is 4.90 Å². The second kappa shape index (κ2) is 6.20. The summed E-state index contributed by atoms with van der Waals surface area (Å²) in [6.45, 7) is 3.02. The number of likely N-dealkylation sites (N-methyl/N-ethyl adjacent to an activating group) is 1. The van der Waals surface area contributed by atoms with Crippen molar-refractivity contribution in [3.63, 3.8) is 0 Å². The maximum atomic E-state index is 12.4. The maximum Gasteiger partial charge on any atom is 0.179 e. The SMILES string of the molecule is COc1ccc(C(=O)C(C)N(C)CC2CCC2)cc1. The lowest BCUT2D eigenvalue weighted by Gasteiger charge is -2.32. The molecule has 0 heterocycles. The molecule has 0 radical (unpaired) electrons. The Kier molecular flexibility index (Phi) is 4.59. The number of nitrogens with zero attached hydrogens (tertiary/aromatic N) is 1. The van der Waals surface area contributed by atoms with Crippen LogP contribution in [0.5, 0.6) is 5.75 Å². The van der Waals surface area contributed by atoms with Crippen molar-refractivity contribution in [2.45, 2.75) is 32.2 Å². The molecular formula is C16H23NO2. The van der Waals surface area contributed by atoms with Crippen LogP contribution in [0.3, 0.4) is 0 Å². The zero-order chi connectivity index (χ0) is 13.8. The predicted octanol–water partition coefficient (Wildman–Crippen LogP) is 3.00. The van der Waals surface area contributed by atoms with Crippen LogP contribution >= 0.6 is 0 Å². The van der Waals surface area contributed by atoms with Gasteiger partial charge in [0.2, 0.25) is 0 Å². The minimum Gasteiger partial charge on any atom is -0.497 e. The molecule has 3 nitrogen and oxygen atoms in total. The van der Waals surface area contributed by atoms with Crippen LogP contribution in [-0.4, -0.2) is 37.4 Å². The van der Waals surface area contributed by atoms with E-state index in [1.54, 1.807) is 7.11 Å². The largest absolute Gasteiger partial charge is 0.497 e. The molecule has 3 heteroatoms. The van der Waals surface area contributed by atoms with Gasteiger partial charge in [-0.05, 0) is 57.0 Å². The van der Waals surface area contributed by atoms with Gasteiger partial charge in [-0.25, -0.2) is 0 Å². The molecular weight excluding hydrogens is 238 g/mol. The number of ketones is 1. The Hall–Kier alpha value is -1.35. The summed E-state index contributed by atoms with van der Waals surface area (Å²) < 4.78 is 5.11. The lowest BCUT2D eigenvalue weighted by atomic mass is 9.85. The summed E-state index contributed by atoms with van der Waals surface area (Å²) in [5.74, 6) is 1.76. The summed E-state index contributed by atoms with van der Waals surface area (Å²) in [6.07, 6.45) is 3.97. The molecule has 1 aliphatic rings. The van der Waals surface area contributed by atoms with Crippen LogP contribution in [0.25, 0.3) is 0 Å². The minimum atomic E-state index is -0.0611. The summed E-state index contributed by atoms with van der Waals surface area (Å²) in [7, 11) is 3.68. The summed E-state index contributed by atoms with van der Waals surface area (Å²) in [4.78, 5) is 14.6. The number of carbonyl (C=O) groups excluding carboxylic acids is 1. The minimum absolute atomic E-state index is 0.0611. The van der Waals surface area contributed by atoms with E-state index in [0.717, 1.165) is 23.8 Å². The molecule has 1 fully saturated rings. The third-order valence-electron chi connectivity index (χ3n) is 4.19. The second-order valence-electron chi connectivity index (χ2n) is 5.51. The molecule has 1 aliphatic carbocycles. The number of methoxy groups -OCH3 is 1. The Labute approximate surface area is 115 Å². The lowest BCUT2D eigenvalue weighted by Crippen LogP contribution is -2.40. The van der Waals surface area contributed by atoms with E-state index in [0.29, 0.717) is 0 Å². The van der Waals surface area contributed by atoms with Crippen molar-refractivity contribution in [1.82, 2.24) is 4.90 Å². The molecule has 1 aromatic carbocycles. The standard InChI is InChI=1S/C16H23NO2/c1-12(17(2)11-13-5-4-6-13)16(18)14-7-9-15(19-3)10-8-14/h7-10,12-13H,4-6,11H2,1-3H3. The molecule has 0 aliphatic heterocycles. The molecule has 0 N–H and O–H groups in total. The number of hydrogen-bond acceptors (Lipinski definition) is 3. The highest BCUT2D eigenvalue weighted by atomic mass is 16.5. The van der Waals surface area contributed by atoms with Crippen LogP contribution in [0.4, 0.5) is 0 Å². The van der Waals surface area contributed by atoms with Crippen LogP contribution < -0.4 is 4.74 Å². The van der Waals surface area contributed by atoms with Crippen LogP contribution in [0.1, 0.15) is 36.5 Å². The van der Waals surface area contributed by atoms with Crippen molar-refractivity contribution >= 4 is 5.78 Å². The van der Waals surface area contributed by atoms with Gasteiger partial charge in [-0.15, -0.1) is 0 Å². The number of rotatable bonds is 6. The van der Waals surface area contributed by atoms with Crippen molar-refractivity contribution in [3.05, 3.63) is 29.8 Å². The fourth-order valence-corrected chi connectivity index (χ4v) is 2.44. The quantitative estimate of drug-likeness (QED) is 0.737. The summed E-state index contributed by atoms with van der Waals surface area (Å²) in [5, 5.41) is 0. The highest BCUT2D eigenvalue weighted by Gasteiger charge is 2.25. The molecule has 19 heavy (non-hydrogen) atoms. The van der Waals surface area contributed by atoms with Gasteiger partial charge in [-0.2, -0.15) is 0 Å². The van der Waals surface area contributed by atoms with E-state index in [1.807, 2.05) is 38.2 Å². The Morgan fingerprint density at radius 3 is 2.47 bits per heavy atom. The van der Waals surface area contributed by atoms with Crippen molar-refractivity contribution in [2.24, 2.45) is 5.92 Å². The van der Waals surface area contributed by atoms with E-state index >= 15 is 0 Å². The van der Waals surface area contributed by atoms with Crippen LogP contribution in [0.15, 0.2) is 24.3 Å². The van der Waals surface area contributed by atoms with Gasteiger partial charge in [-0.3, -0.25) is 9.69 Å². The monoisotopic (exact) mass is 261 g/mol. The molecule has 0 bridgehead atoms. The zero-order valence-electron chi connectivity index (χ0n) is 12.1. The fraction of sp³-hybridized carbons (Fsp3) is 0.562. The first kappa shape index (κ1) is 14.1. The van der Waals surface area contributed by atoms with E-state index in [1.165, 1.54) is 19.3 Å². The number of carbonyl (C=O) groups is 1. The molecule has 1 unspecified atom stereocenters. The van der Waals surface area contributed by atoms with E-state index < -0.39 is 0 Å². The van der Waals surface area contributed by atoms with Crippen LogP contribution in [-0.2, 0) is 0 Å². The fourth-order valence-electron chi connectivity index (χ4n) is 2.44. The topological polar surface area (TPSA) is 29.5 Å². The highest BCUT2D eigenvalue weighted by molar-refractivity contribution is 5.99. The highest BCUT2D eigenvalue weighted by Crippen LogP contribution is 2.27. The van der Waals surface area contributed by atoms with E-state index in [9.17, 15) is 4.79 Å². The molecule has 1 aromatic rings. The van der Waals surface area contributed by atoms with Crippen molar-refractivity contribution < 1.29 is 9.53 Å². The average Bonchev–Trinajstić information content (AvgIpc) is 2.41. The molecule has 104 valence electrons. The Bertz CT molecular complexity index is 423. The third-order valence-corrected chi connectivity index (χ3v) is 4.19. The van der Waals surface area contributed by atoms with Crippen molar-refractivity contribution in [1.29, 1.82) is 0 Å². The second-order valence-corrected chi connectivity index (χ2v) is 5.51. The molecule has 0 amide bonds. The first-order valence-electron chi connectivity index (χ1n) is 7.00. The number of benzene rings is 1. The molecule has 0 aromatic heterocycles. The van der Waals surface area contributed by atoms with Crippen molar-refractivity contribution in [3.8, 4) is 5.75 Å². The Balaban J connectivity index is 1.96. The summed E-state index contributed by atoms with van der Waals surface area (Å²) >= 11 is 0. The van der Waals surface area contributed by atoms with Crippen LogP contribution in [0, 0.1) is 5.92 Å². The van der Waals surface area contributed by atoms with Gasteiger partial charge >= 0.3 is 0 Å². The molecule has 0 spiro atoms. The normalized spacial score (nSPS) is 17.1. The van der Waals surface area contributed by atoms with Gasteiger partial charge in [0.15, 0.2) is 5.78 Å². The number of Topliss-reactive ketones (excluding diaryl/α,β-unsaturated/α-hetero) is 1. The maximum absolute atomic E-state index is 12.4. The molecule has 1 atom stereocenters. The number of hydrogen-bond donors (Lipinski definition) is 0. The summed E-state index contributed by atoms with van der Waals surface area (Å²) in [6, 6.07) is 7.30. The van der Waals surface area contributed by atoms with Gasteiger partial charge in [0.25, 0.3) is 0 Å². The first-order valence-corrected chi connectivity index (χ1v) is 7.00. The van der Waals surface area contributed by atoms with Crippen LogP contribution in [0.2, 0.25) is 0 Å². The summed E-state index contributed by atoms with van der Waals surface area (Å²) in [5.41, 5.74) is 0.758.